The highest BCUT2D eigenvalue weighted by Gasteiger charge is 2.17. The summed E-state index contributed by atoms with van der Waals surface area (Å²) in [6.45, 7) is 9.03. The molecule has 0 aromatic heterocycles. The van der Waals surface area contributed by atoms with E-state index in [0.29, 0.717) is 24.6 Å². The average Bonchev–Trinajstić information content (AvgIpc) is 2.38. The lowest BCUT2D eigenvalue weighted by molar-refractivity contribution is 0.516. The first kappa shape index (κ1) is 18.2. The molecule has 0 aliphatic rings. The number of sulfone groups is 1. The molecule has 1 rings (SSSR count). The van der Waals surface area contributed by atoms with Crippen molar-refractivity contribution in [3.63, 3.8) is 0 Å². The van der Waals surface area contributed by atoms with E-state index in [1.165, 1.54) is 11.1 Å². The summed E-state index contributed by atoms with van der Waals surface area (Å²) in [6.07, 6.45) is 1.38. The van der Waals surface area contributed by atoms with E-state index in [1.807, 2.05) is 13.0 Å². The van der Waals surface area contributed by atoms with Crippen molar-refractivity contribution in [1.29, 1.82) is 0 Å². The first-order valence-corrected chi connectivity index (χ1v) is 9.66. The molecule has 0 fully saturated rings. The first-order valence-electron chi connectivity index (χ1n) is 7.84. The summed E-state index contributed by atoms with van der Waals surface area (Å²) in [5.74, 6) is 0.823. The second-order valence-electron chi connectivity index (χ2n) is 6.11. The van der Waals surface area contributed by atoms with Crippen molar-refractivity contribution in [3.8, 4) is 0 Å². The molecule has 1 N–H and O–H groups in total. The van der Waals surface area contributed by atoms with Gasteiger partial charge in [-0.2, -0.15) is 0 Å². The van der Waals surface area contributed by atoms with E-state index in [0.717, 1.165) is 6.54 Å². The van der Waals surface area contributed by atoms with Gasteiger partial charge in [0.1, 0.15) is 9.84 Å². The minimum atomic E-state index is -2.91. The average molecular weight is 311 g/mol. The highest BCUT2D eigenvalue weighted by Crippen LogP contribution is 2.21. The van der Waals surface area contributed by atoms with Gasteiger partial charge in [-0.1, -0.05) is 50.6 Å². The van der Waals surface area contributed by atoms with Crippen LogP contribution in [0.1, 0.15) is 50.7 Å². The van der Waals surface area contributed by atoms with Gasteiger partial charge in [0.15, 0.2) is 0 Å². The smallest absolute Gasteiger partial charge is 0.150 e. The minimum absolute atomic E-state index is 0.249. The zero-order valence-electron chi connectivity index (χ0n) is 13.7. The van der Waals surface area contributed by atoms with Crippen molar-refractivity contribution in [1.82, 2.24) is 5.32 Å². The van der Waals surface area contributed by atoms with Gasteiger partial charge in [0.05, 0.1) is 5.75 Å². The topological polar surface area (TPSA) is 46.2 Å². The summed E-state index contributed by atoms with van der Waals surface area (Å²) < 4.78 is 23.9. The monoisotopic (exact) mass is 311 g/mol. The van der Waals surface area contributed by atoms with Crippen LogP contribution in [0.3, 0.4) is 0 Å². The third-order valence-electron chi connectivity index (χ3n) is 3.58. The Hall–Kier alpha value is -0.870. The molecule has 0 bridgehead atoms. The highest BCUT2D eigenvalue weighted by atomic mass is 32.2. The van der Waals surface area contributed by atoms with E-state index in [9.17, 15) is 8.42 Å². The minimum Gasteiger partial charge on any atom is -0.314 e. The van der Waals surface area contributed by atoms with Gasteiger partial charge in [0, 0.05) is 18.3 Å². The van der Waals surface area contributed by atoms with Gasteiger partial charge in [-0.05, 0) is 31.2 Å². The maximum absolute atomic E-state index is 12.0. The number of aryl methyl sites for hydroxylation is 1. The molecule has 0 aliphatic heterocycles. The Morgan fingerprint density at radius 1 is 1.19 bits per heavy atom. The molecule has 120 valence electrons. The van der Waals surface area contributed by atoms with E-state index >= 15 is 0 Å². The summed E-state index contributed by atoms with van der Waals surface area (Å²) in [5, 5.41) is 3.44. The molecule has 3 nitrogen and oxygen atoms in total. The molecule has 0 amide bonds. The van der Waals surface area contributed by atoms with Crippen LogP contribution < -0.4 is 5.32 Å². The zero-order chi connectivity index (χ0) is 15.9. The molecule has 21 heavy (non-hydrogen) atoms. The van der Waals surface area contributed by atoms with Gasteiger partial charge in [-0.3, -0.25) is 0 Å². The van der Waals surface area contributed by atoms with Gasteiger partial charge < -0.3 is 5.32 Å². The molecule has 1 atom stereocenters. The normalized spacial score (nSPS) is 13.6. The molecule has 0 aliphatic carbocycles. The lowest BCUT2D eigenvalue weighted by Crippen LogP contribution is -2.29. The van der Waals surface area contributed by atoms with Gasteiger partial charge in [-0.25, -0.2) is 8.42 Å². The van der Waals surface area contributed by atoms with Gasteiger partial charge >= 0.3 is 0 Å². The molecule has 4 heteroatoms. The fourth-order valence-electron chi connectivity index (χ4n) is 2.42. The quantitative estimate of drug-likeness (QED) is 0.761. The Kier molecular flexibility index (Phi) is 7.40. The molecular formula is C17H29NO2S. The molecule has 1 aromatic carbocycles. The summed E-state index contributed by atoms with van der Waals surface area (Å²) in [6, 6.07) is 8.80. The van der Waals surface area contributed by atoms with Crippen LogP contribution in [0.25, 0.3) is 0 Å². The molecule has 0 radical (unpaired) electrons. The Morgan fingerprint density at radius 3 is 2.48 bits per heavy atom. The lowest BCUT2D eigenvalue weighted by Gasteiger charge is -2.20. The summed E-state index contributed by atoms with van der Waals surface area (Å²) in [5.41, 5.74) is 2.45. The lowest BCUT2D eigenvalue weighted by atomic mass is 9.95. The van der Waals surface area contributed by atoms with Crippen LogP contribution in [0.15, 0.2) is 24.3 Å². The molecule has 1 aromatic rings. The summed E-state index contributed by atoms with van der Waals surface area (Å²) in [7, 11) is -2.91. The number of nitrogens with one attached hydrogen (secondary N) is 1. The Morgan fingerprint density at radius 2 is 1.90 bits per heavy atom. The van der Waals surface area contributed by atoms with Crippen molar-refractivity contribution >= 4 is 9.84 Å². The van der Waals surface area contributed by atoms with Crippen LogP contribution in [-0.4, -0.2) is 32.5 Å². The first-order chi connectivity index (χ1) is 9.84. The molecular weight excluding hydrogens is 282 g/mol. The maximum atomic E-state index is 12.0. The molecule has 0 saturated carbocycles. The van der Waals surface area contributed by atoms with Crippen molar-refractivity contribution in [2.75, 3.05) is 18.1 Å². The fraction of sp³-hybridized carbons (Fsp3) is 0.647. The van der Waals surface area contributed by atoms with Crippen LogP contribution in [0.4, 0.5) is 0 Å². The van der Waals surface area contributed by atoms with Gasteiger partial charge in [0.2, 0.25) is 0 Å². The fourth-order valence-corrected chi connectivity index (χ4v) is 3.89. The van der Waals surface area contributed by atoms with Crippen LogP contribution in [0.2, 0.25) is 0 Å². The predicted molar refractivity (Wildman–Crippen MR) is 90.6 cm³/mol. The van der Waals surface area contributed by atoms with E-state index in [-0.39, 0.29) is 11.7 Å². The Bertz CT molecular complexity index is 523. The van der Waals surface area contributed by atoms with Crippen LogP contribution in [-0.2, 0) is 9.84 Å². The second kappa shape index (κ2) is 8.54. The van der Waals surface area contributed by atoms with Gasteiger partial charge in [-0.15, -0.1) is 0 Å². The van der Waals surface area contributed by atoms with E-state index < -0.39 is 9.84 Å². The van der Waals surface area contributed by atoms with E-state index in [2.05, 4.69) is 44.3 Å². The summed E-state index contributed by atoms with van der Waals surface area (Å²) in [4.78, 5) is 0. The van der Waals surface area contributed by atoms with Crippen LogP contribution >= 0.6 is 0 Å². The molecule has 1 unspecified atom stereocenters. The van der Waals surface area contributed by atoms with Crippen LogP contribution in [0, 0.1) is 6.92 Å². The molecule has 0 saturated heterocycles. The molecule has 0 spiro atoms. The predicted octanol–water partition coefficient (Wildman–Crippen LogP) is 3.29. The van der Waals surface area contributed by atoms with Gasteiger partial charge in [0.25, 0.3) is 0 Å². The van der Waals surface area contributed by atoms with E-state index in [4.69, 9.17) is 0 Å². The third kappa shape index (κ3) is 7.09. The Balaban J connectivity index is 2.78. The Labute approximate surface area is 130 Å². The van der Waals surface area contributed by atoms with Crippen molar-refractivity contribution in [2.24, 2.45) is 0 Å². The summed E-state index contributed by atoms with van der Waals surface area (Å²) >= 11 is 0. The number of rotatable bonds is 9. The van der Waals surface area contributed by atoms with Crippen molar-refractivity contribution < 1.29 is 8.42 Å². The highest BCUT2D eigenvalue weighted by molar-refractivity contribution is 7.91. The zero-order valence-corrected chi connectivity index (χ0v) is 14.5. The third-order valence-corrected chi connectivity index (χ3v) is 5.47. The second-order valence-corrected chi connectivity index (χ2v) is 8.42. The van der Waals surface area contributed by atoms with Crippen molar-refractivity contribution in [2.45, 2.75) is 52.5 Å². The molecule has 0 heterocycles. The van der Waals surface area contributed by atoms with E-state index in [1.54, 1.807) is 0 Å². The largest absolute Gasteiger partial charge is 0.314 e. The number of hydrogen-bond donors (Lipinski definition) is 1. The SMILES string of the molecule is CCCS(=O)(=O)CCC(CNC(C)C)c1cccc(C)c1. The van der Waals surface area contributed by atoms with Crippen molar-refractivity contribution in [3.05, 3.63) is 35.4 Å². The standard InChI is InChI=1S/C17H29NO2S/c1-5-10-21(19,20)11-9-17(13-18-14(2)3)16-8-6-7-15(4)12-16/h6-8,12,14,17-18H,5,9-11,13H2,1-4H3. The maximum Gasteiger partial charge on any atom is 0.150 e. The van der Waals surface area contributed by atoms with Crippen LogP contribution in [0.5, 0.6) is 0 Å². The number of hydrogen-bond acceptors (Lipinski definition) is 3. The number of benzene rings is 1.